The first kappa shape index (κ1) is 22.4. The van der Waals surface area contributed by atoms with Crippen LogP contribution < -0.4 is 14.8 Å². The summed E-state index contributed by atoms with van der Waals surface area (Å²) in [7, 11) is 1.52. The summed E-state index contributed by atoms with van der Waals surface area (Å²) in [5.41, 5.74) is 2.28. The van der Waals surface area contributed by atoms with Crippen molar-refractivity contribution >= 4 is 34.0 Å². The number of pyridine rings is 2. The second-order valence-electron chi connectivity index (χ2n) is 7.47. The maximum Gasteiger partial charge on any atom is 0.296 e. The molecule has 0 saturated heterocycles. The molecule has 1 aliphatic rings. The Labute approximate surface area is 193 Å². The van der Waals surface area contributed by atoms with Gasteiger partial charge in [0.05, 0.1) is 25.0 Å². The van der Waals surface area contributed by atoms with E-state index >= 15 is 0 Å². The van der Waals surface area contributed by atoms with Crippen molar-refractivity contribution in [1.82, 2.24) is 20.2 Å². The molecule has 1 fully saturated rings. The molecule has 3 heterocycles. The molecular weight excluding hydrogens is 454 g/mol. The predicted octanol–water partition coefficient (Wildman–Crippen LogP) is 3.90. The highest BCUT2D eigenvalue weighted by Crippen LogP contribution is 2.34. The van der Waals surface area contributed by atoms with E-state index < -0.39 is 5.91 Å². The number of rotatable bonds is 6. The molecule has 168 valence electrons. The molecule has 0 spiro atoms. The van der Waals surface area contributed by atoms with Crippen molar-refractivity contribution in [1.29, 1.82) is 0 Å². The summed E-state index contributed by atoms with van der Waals surface area (Å²) in [6, 6.07) is 3.42. The summed E-state index contributed by atoms with van der Waals surface area (Å²) >= 11 is 7.22. The zero-order valence-electron chi connectivity index (χ0n) is 17.5. The lowest BCUT2D eigenvalue weighted by Gasteiger charge is -2.25. The summed E-state index contributed by atoms with van der Waals surface area (Å²) in [6.45, 7) is 1.83. The number of halogens is 1. The lowest BCUT2D eigenvalue weighted by Crippen LogP contribution is -2.28. The molecule has 1 aliphatic carbocycles. The lowest BCUT2D eigenvalue weighted by molar-refractivity contribution is 0.0531. The molecule has 0 bridgehead atoms. The van der Waals surface area contributed by atoms with Crippen LogP contribution in [0.3, 0.4) is 0 Å². The fourth-order valence-electron chi connectivity index (χ4n) is 3.60. The van der Waals surface area contributed by atoms with Crippen LogP contribution >= 0.6 is 22.9 Å². The number of carbonyl (C=O) groups is 1. The Hall–Kier alpha value is -2.82. The molecule has 32 heavy (non-hydrogen) atoms. The molecule has 11 heteroatoms. The number of anilines is 1. The number of hydrogen-bond donors (Lipinski definition) is 2. The Morgan fingerprint density at radius 2 is 2.06 bits per heavy atom. The van der Waals surface area contributed by atoms with Crippen LogP contribution in [0.1, 0.15) is 41.7 Å². The van der Waals surface area contributed by atoms with Crippen molar-refractivity contribution < 1.29 is 19.4 Å². The minimum absolute atomic E-state index is 0.105. The Morgan fingerprint density at radius 3 is 2.84 bits per heavy atom. The molecule has 3 aromatic heterocycles. The van der Waals surface area contributed by atoms with Crippen molar-refractivity contribution in [2.75, 3.05) is 12.4 Å². The summed E-state index contributed by atoms with van der Waals surface area (Å²) in [5.74, 6) is 0.0774. The number of carbonyl (C=O) groups excluding carboxylic acids is 1. The summed E-state index contributed by atoms with van der Waals surface area (Å²) in [5, 5.41) is 21.5. The second-order valence-corrected chi connectivity index (χ2v) is 8.79. The van der Waals surface area contributed by atoms with E-state index in [4.69, 9.17) is 21.1 Å². The SMILES string of the molecule is COc1cnc(Cl)cc1-c1cc(C)ncc1C(=O)Nc1nnc(O[C@H]2CCC[C@@H](O)C2)s1. The van der Waals surface area contributed by atoms with Gasteiger partial charge in [0.15, 0.2) is 0 Å². The molecule has 4 rings (SSSR count). The lowest BCUT2D eigenvalue weighted by atomic mass is 9.95. The molecule has 1 amide bonds. The number of methoxy groups -OCH3 is 1. The first-order chi connectivity index (χ1) is 15.4. The zero-order chi connectivity index (χ0) is 22.7. The largest absolute Gasteiger partial charge is 0.494 e. The van der Waals surface area contributed by atoms with Gasteiger partial charge in [-0.3, -0.25) is 15.1 Å². The van der Waals surface area contributed by atoms with Crippen LogP contribution in [0, 0.1) is 6.92 Å². The number of hydrogen-bond acceptors (Lipinski definition) is 9. The third-order valence-corrected chi connectivity index (χ3v) is 6.06. The van der Waals surface area contributed by atoms with Crippen LogP contribution in [-0.2, 0) is 0 Å². The number of ether oxygens (including phenoxy) is 2. The van der Waals surface area contributed by atoms with Crippen LogP contribution in [0.25, 0.3) is 11.1 Å². The van der Waals surface area contributed by atoms with Gasteiger partial charge in [-0.2, -0.15) is 0 Å². The van der Waals surface area contributed by atoms with Crippen molar-refractivity contribution in [3.8, 4) is 22.1 Å². The van der Waals surface area contributed by atoms with Crippen LogP contribution in [0.4, 0.5) is 5.13 Å². The number of amides is 1. The van der Waals surface area contributed by atoms with Crippen LogP contribution in [-0.4, -0.2) is 50.5 Å². The van der Waals surface area contributed by atoms with Gasteiger partial charge in [0, 0.05) is 29.4 Å². The molecule has 0 radical (unpaired) electrons. The maximum atomic E-state index is 13.1. The van der Waals surface area contributed by atoms with E-state index in [1.807, 2.05) is 6.92 Å². The van der Waals surface area contributed by atoms with E-state index in [-0.39, 0.29) is 17.4 Å². The van der Waals surface area contributed by atoms with Crippen molar-refractivity contribution in [3.63, 3.8) is 0 Å². The molecule has 0 aliphatic heterocycles. The van der Waals surface area contributed by atoms with Gasteiger partial charge in [-0.1, -0.05) is 16.7 Å². The van der Waals surface area contributed by atoms with E-state index in [9.17, 15) is 9.90 Å². The van der Waals surface area contributed by atoms with E-state index in [0.29, 0.717) is 39.2 Å². The Kier molecular flexibility index (Phi) is 6.83. The highest BCUT2D eigenvalue weighted by Gasteiger charge is 2.24. The minimum atomic E-state index is -0.404. The van der Waals surface area contributed by atoms with Gasteiger partial charge in [0.1, 0.15) is 17.0 Å². The number of aromatic nitrogens is 4. The van der Waals surface area contributed by atoms with Gasteiger partial charge < -0.3 is 14.6 Å². The number of aryl methyl sites for hydroxylation is 1. The highest BCUT2D eigenvalue weighted by atomic mass is 35.5. The van der Waals surface area contributed by atoms with E-state index in [0.717, 1.165) is 36.3 Å². The van der Waals surface area contributed by atoms with Gasteiger partial charge in [0.25, 0.3) is 11.1 Å². The van der Waals surface area contributed by atoms with Gasteiger partial charge in [-0.05, 0) is 49.7 Å². The van der Waals surface area contributed by atoms with Crippen LogP contribution in [0.2, 0.25) is 5.15 Å². The molecule has 1 saturated carbocycles. The molecule has 0 aromatic carbocycles. The fourth-order valence-corrected chi connectivity index (χ4v) is 4.41. The van der Waals surface area contributed by atoms with Gasteiger partial charge in [-0.15, -0.1) is 5.10 Å². The molecule has 3 aromatic rings. The molecule has 9 nitrogen and oxygen atoms in total. The third-order valence-electron chi connectivity index (χ3n) is 5.12. The summed E-state index contributed by atoms with van der Waals surface area (Å²) in [6.07, 6.45) is 5.65. The summed E-state index contributed by atoms with van der Waals surface area (Å²) in [4.78, 5) is 21.4. The number of nitrogens with zero attached hydrogens (tertiary/aromatic N) is 4. The van der Waals surface area contributed by atoms with Crippen molar-refractivity contribution in [2.24, 2.45) is 0 Å². The fraction of sp³-hybridized carbons (Fsp3) is 0.381. The Bertz CT molecular complexity index is 1130. The normalized spacial score (nSPS) is 18.2. The quantitative estimate of drug-likeness (QED) is 0.515. The Balaban J connectivity index is 1.55. The monoisotopic (exact) mass is 475 g/mol. The topological polar surface area (TPSA) is 119 Å². The van der Waals surface area contributed by atoms with Crippen LogP contribution in [0.15, 0.2) is 24.5 Å². The third kappa shape index (κ3) is 5.14. The zero-order valence-corrected chi connectivity index (χ0v) is 19.1. The molecule has 0 unspecified atom stereocenters. The van der Waals surface area contributed by atoms with E-state index in [1.54, 1.807) is 12.1 Å². The smallest absolute Gasteiger partial charge is 0.296 e. The van der Waals surface area contributed by atoms with E-state index in [1.165, 1.54) is 19.5 Å². The van der Waals surface area contributed by atoms with Gasteiger partial charge in [0.2, 0.25) is 5.13 Å². The average molecular weight is 476 g/mol. The summed E-state index contributed by atoms with van der Waals surface area (Å²) < 4.78 is 11.2. The maximum absolute atomic E-state index is 13.1. The molecular formula is C21H22ClN5O4S. The first-order valence-electron chi connectivity index (χ1n) is 10.1. The van der Waals surface area contributed by atoms with Gasteiger partial charge in [-0.25, -0.2) is 4.98 Å². The standard InChI is InChI=1S/C21H22ClN5O4S/c1-11-6-14(15-8-18(22)24-10-17(15)30-2)16(9-23-11)19(29)25-20-26-27-21(32-20)31-13-5-3-4-12(28)7-13/h6,8-10,12-13,28H,3-5,7H2,1-2H3,(H,25,26,29)/t12-,13+/m1/s1. The molecule has 2 atom stereocenters. The van der Waals surface area contributed by atoms with Gasteiger partial charge >= 0.3 is 0 Å². The minimum Gasteiger partial charge on any atom is -0.494 e. The first-order valence-corrected chi connectivity index (χ1v) is 11.3. The predicted molar refractivity (Wildman–Crippen MR) is 121 cm³/mol. The number of nitrogens with one attached hydrogen (secondary N) is 1. The number of aliphatic hydroxyl groups excluding tert-OH is 1. The van der Waals surface area contributed by atoms with Crippen molar-refractivity contribution in [2.45, 2.75) is 44.8 Å². The number of aliphatic hydroxyl groups is 1. The van der Waals surface area contributed by atoms with Crippen LogP contribution in [0.5, 0.6) is 10.9 Å². The Morgan fingerprint density at radius 1 is 1.22 bits per heavy atom. The van der Waals surface area contributed by atoms with Crippen molar-refractivity contribution in [3.05, 3.63) is 40.9 Å². The van der Waals surface area contributed by atoms with E-state index in [2.05, 4.69) is 25.5 Å². The second kappa shape index (κ2) is 9.76. The highest BCUT2D eigenvalue weighted by molar-refractivity contribution is 7.17. The average Bonchev–Trinajstić information content (AvgIpc) is 3.20. The molecule has 2 N–H and O–H groups in total.